The summed E-state index contributed by atoms with van der Waals surface area (Å²) in [6, 6.07) is 14.9. The maximum Gasteiger partial charge on any atom is 0.358 e. The van der Waals surface area contributed by atoms with Crippen LogP contribution in [0.1, 0.15) is 16.1 Å². The third kappa shape index (κ3) is 3.30. The van der Waals surface area contributed by atoms with Gasteiger partial charge in [-0.2, -0.15) is 0 Å². The molecule has 0 bridgehead atoms. The van der Waals surface area contributed by atoms with Crippen molar-refractivity contribution in [3.05, 3.63) is 64.3 Å². The number of benzene rings is 2. The predicted octanol–water partition coefficient (Wildman–Crippen LogP) is 3.46. The Kier molecular flexibility index (Phi) is 4.61. The second kappa shape index (κ2) is 6.84. The van der Waals surface area contributed by atoms with Gasteiger partial charge >= 0.3 is 5.97 Å². The number of ether oxygens (including phenoxy) is 1. The molecular weight excluding hydrogens is 374 g/mol. The summed E-state index contributed by atoms with van der Waals surface area (Å²) in [5.74, 6) is -0.414. The van der Waals surface area contributed by atoms with Crippen LogP contribution in [0.3, 0.4) is 0 Å². The van der Waals surface area contributed by atoms with Crippen molar-refractivity contribution in [2.24, 2.45) is 0 Å². The minimum atomic E-state index is -1.11. The molecule has 1 aromatic heterocycles. The highest BCUT2D eigenvalue weighted by Gasteiger charge is 2.20. The summed E-state index contributed by atoms with van der Waals surface area (Å²) in [4.78, 5) is 11.5. The first kappa shape index (κ1) is 16.2. The van der Waals surface area contributed by atoms with Crippen molar-refractivity contribution < 1.29 is 14.6 Å². The largest absolute Gasteiger partial charge is 0.497 e. The Bertz CT molecular complexity index is 875. The van der Waals surface area contributed by atoms with Crippen LogP contribution < -0.4 is 4.74 Å². The maximum absolute atomic E-state index is 11.5. The molecule has 6 nitrogen and oxygen atoms in total. The fourth-order valence-electron chi connectivity index (χ4n) is 2.41. The highest BCUT2D eigenvalue weighted by atomic mass is 79.9. The molecule has 0 fully saturated rings. The predicted molar refractivity (Wildman–Crippen MR) is 92.2 cm³/mol. The molecule has 0 saturated heterocycles. The van der Waals surface area contributed by atoms with Crippen LogP contribution in [0.15, 0.2) is 53.0 Å². The van der Waals surface area contributed by atoms with E-state index < -0.39 is 5.97 Å². The van der Waals surface area contributed by atoms with Gasteiger partial charge in [0.2, 0.25) is 0 Å². The standard InChI is InChI=1S/C17H14BrN3O3/c1-24-14-7-5-12(6-8-14)16-15(17(22)23)19-20-21(16)10-11-3-2-4-13(18)9-11/h2-9H,10H2,1H3,(H,22,23). The molecule has 3 rings (SSSR count). The van der Waals surface area contributed by atoms with Gasteiger partial charge in [-0.1, -0.05) is 33.3 Å². The van der Waals surface area contributed by atoms with Gasteiger partial charge in [0.1, 0.15) is 11.4 Å². The van der Waals surface area contributed by atoms with Crippen molar-refractivity contribution >= 4 is 21.9 Å². The number of aromatic nitrogens is 3. The quantitative estimate of drug-likeness (QED) is 0.725. The van der Waals surface area contributed by atoms with Gasteiger partial charge in [0.25, 0.3) is 0 Å². The topological polar surface area (TPSA) is 77.2 Å². The second-order valence-electron chi connectivity index (χ2n) is 5.11. The van der Waals surface area contributed by atoms with E-state index in [0.29, 0.717) is 23.6 Å². The van der Waals surface area contributed by atoms with Crippen LogP contribution in [0.2, 0.25) is 0 Å². The summed E-state index contributed by atoms with van der Waals surface area (Å²) >= 11 is 3.43. The molecule has 0 unspecified atom stereocenters. The fraction of sp³-hybridized carbons (Fsp3) is 0.118. The fourth-order valence-corrected chi connectivity index (χ4v) is 2.86. The lowest BCUT2D eigenvalue weighted by molar-refractivity contribution is 0.0691. The summed E-state index contributed by atoms with van der Waals surface area (Å²) in [5, 5.41) is 17.2. The number of methoxy groups -OCH3 is 1. The number of carboxylic acids is 1. The van der Waals surface area contributed by atoms with E-state index in [1.165, 1.54) is 0 Å². The van der Waals surface area contributed by atoms with E-state index in [0.717, 1.165) is 10.0 Å². The molecule has 7 heteroatoms. The molecule has 1 heterocycles. The first-order chi connectivity index (χ1) is 11.6. The van der Waals surface area contributed by atoms with Crippen LogP contribution >= 0.6 is 15.9 Å². The van der Waals surface area contributed by atoms with Crippen LogP contribution in [0, 0.1) is 0 Å². The van der Waals surface area contributed by atoms with E-state index in [-0.39, 0.29) is 5.69 Å². The Morgan fingerprint density at radius 1 is 1.25 bits per heavy atom. The van der Waals surface area contributed by atoms with Gasteiger partial charge in [0, 0.05) is 10.0 Å². The zero-order chi connectivity index (χ0) is 17.1. The Balaban J connectivity index is 2.05. The Morgan fingerprint density at radius 3 is 2.62 bits per heavy atom. The molecule has 1 N–H and O–H groups in total. The van der Waals surface area contributed by atoms with Gasteiger partial charge in [-0.3, -0.25) is 0 Å². The van der Waals surface area contributed by atoms with Gasteiger partial charge in [-0.25, -0.2) is 9.48 Å². The number of nitrogens with zero attached hydrogens (tertiary/aromatic N) is 3. The average Bonchev–Trinajstić information content (AvgIpc) is 2.99. The monoisotopic (exact) mass is 387 g/mol. The van der Waals surface area contributed by atoms with Gasteiger partial charge in [0.15, 0.2) is 5.69 Å². The smallest absolute Gasteiger partial charge is 0.358 e. The van der Waals surface area contributed by atoms with Crippen LogP contribution in [0.4, 0.5) is 0 Å². The van der Waals surface area contributed by atoms with Crippen molar-refractivity contribution in [3.8, 4) is 17.0 Å². The van der Waals surface area contributed by atoms with Gasteiger partial charge in [-0.15, -0.1) is 5.10 Å². The molecule has 0 amide bonds. The van der Waals surface area contributed by atoms with Crippen molar-refractivity contribution in [2.45, 2.75) is 6.54 Å². The number of halogens is 1. The van der Waals surface area contributed by atoms with Crippen molar-refractivity contribution in [3.63, 3.8) is 0 Å². The van der Waals surface area contributed by atoms with E-state index in [4.69, 9.17) is 4.74 Å². The number of hydrogen-bond acceptors (Lipinski definition) is 4. The lowest BCUT2D eigenvalue weighted by Gasteiger charge is -2.09. The molecule has 0 spiro atoms. The van der Waals surface area contributed by atoms with Gasteiger partial charge in [-0.05, 0) is 42.0 Å². The first-order valence-electron chi connectivity index (χ1n) is 7.14. The van der Waals surface area contributed by atoms with Crippen molar-refractivity contribution in [1.29, 1.82) is 0 Å². The third-order valence-electron chi connectivity index (χ3n) is 3.52. The van der Waals surface area contributed by atoms with E-state index in [2.05, 4.69) is 26.2 Å². The average molecular weight is 388 g/mol. The summed E-state index contributed by atoms with van der Waals surface area (Å²) in [6.07, 6.45) is 0. The van der Waals surface area contributed by atoms with Crippen LogP contribution in [-0.2, 0) is 6.54 Å². The highest BCUT2D eigenvalue weighted by molar-refractivity contribution is 9.10. The summed E-state index contributed by atoms with van der Waals surface area (Å²) in [5.41, 5.74) is 2.09. The first-order valence-corrected chi connectivity index (χ1v) is 7.93. The molecule has 122 valence electrons. The Hall–Kier alpha value is -2.67. The van der Waals surface area contributed by atoms with Crippen molar-refractivity contribution in [1.82, 2.24) is 15.0 Å². The lowest BCUT2D eigenvalue weighted by atomic mass is 10.1. The number of aromatic carboxylic acids is 1. The van der Waals surface area contributed by atoms with E-state index in [9.17, 15) is 9.90 Å². The SMILES string of the molecule is COc1ccc(-c2c(C(=O)O)nnn2Cc2cccc(Br)c2)cc1. The summed E-state index contributed by atoms with van der Waals surface area (Å²) in [6.45, 7) is 0.418. The molecule has 0 aliphatic rings. The normalized spacial score (nSPS) is 10.6. The summed E-state index contributed by atoms with van der Waals surface area (Å²) < 4.78 is 7.68. The highest BCUT2D eigenvalue weighted by Crippen LogP contribution is 2.26. The van der Waals surface area contributed by atoms with Crippen LogP contribution in [0.5, 0.6) is 5.75 Å². The van der Waals surface area contributed by atoms with Crippen LogP contribution in [0.25, 0.3) is 11.3 Å². The van der Waals surface area contributed by atoms with E-state index in [1.54, 1.807) is 36.1 Å². The molecule has 0 saturated carbocycles. The summed E-state index contributed by atoms with van der Waals surface area (Å²) in [7, 11) is 1.58. The van der Waals surface area contributed by atoms with Crippen molar-refractivity contribution in [2.75, 3.05) is 7.11 Å². The number of rotatable bonds is 5. The third-order valence-corrected chi connectivity index (χ3v) is 4.02. The molecule has 0 radical (unpaired) electrons. The number of carbonyl (C=O) groups is 1. The van der Waals surface area contributed by atoms with E-state index >= 15 is 0 Å². The Morgan fingerprint density at radius 2 is 2.00 bits per heavy atom. The van der Waals surface area contributed by atoms with Crippen LogP contribution in [-0.4, -0.2) is 33.2 Å². The number of carboxylic acid groups (broad SMARTS) is 1. The van der Waals surface area contributed by atoms with Gasteiger partial charge in [0.05, 0.1) is 13.7 Å². The van der Waals surface area contributed by atoms with Gasteiger partial charge < -0.3 is 9.84 Å². The molecular formula is C17H14BrN3O3. The molecule has 3 aromatic rings. The minimum absolute atomic E-state index is 0.0739. The van der Waals surface area contributed by atoms with E-state index in [1.807, 2.05) is 24.3 Å². The molecule has 0 atom stereocenters. The molecule has 0 aliphatic carbocycles. The molecule has 24 heavy (non-hydrogen) atoms. The lowest BCUT2D eigenvalue weighted by Crippen LogP contribution is -2.06. The minimum Gasteiger partial charge on any atom is -0.497 e. The second-order valence-corrected chi connectivity index (χ2v) is 6.02. The zero-order valence-corrected chi connectivity index (χ0v) is 14.4. The molecule has 2 aromatic carbocycles. The maximum atomic E-state index is 11.5. The number of hydrogen-bond donors (Lipinski definition) is 1. The molecule has 0 aliphatic heterocycles. The Labute approximate surface area is 146 Å². The zero-order valence-electron chi connectivity index (χ0n) is 12.8.